The Morgan fingerprint density at radius 1 is 1.33 bits per heavy atom. The van der Waals surface area contributed by atoms with Crippen molar-refractivity contribution < 1.29 is 0 Å². The van der Waals surface area contributed by atoms with Crippen molar-refractivity contribution in [1.29, 1.82) is 0 Å². The van der Waals surface area contributed by atoms with Gasteiger partial charge in [-0.05, 0) is 35.2 Å². The van der Waals surface area contributed by atoms with E-state index in [0.717, 1.165) is 23.2 Å². The van der Waals surface area contributed by atoms with Crippen LogP contribution in [0.4, 0.5) is 0 Å². The van der Waals surface area contributed by atoms with Gasteiger partial charge < -0.3 is 10.6 Å². The number of aromatic nitrogens is 1. The minimum Gasteiger partial charge on any atom is -0.357 e. The number of hydrogen-bond donors (Lipinski definition) is 2. The number of thiophene rings is 1. The maximum atomic E-state index is 4.63. The third kappa shape index (κ3) is 5.13. The first-order chi connectivity index (χ1) is 10.2. The van der Waals surface area contributed by atoms with E-state index in [1.54, 1.807) is 22.7 Å². The first kappa shape index (κ1) is 16.0. The molecule has 0 aliphatic rings. The summed E-state index contributed by atoms with van der Waals surface area (Å²) < 4.78 is 0. The largest absolute Gasteiger partial charge is 0.357 e. The van der Waals surface area contributed by atoms with Crippen LogP contribution in [0.3, 0.4) is 0 Å². The van der Waals surface area contributed by atoms with Gasteiger partial charge in [0.1, 0.15) is 5.01 Å². The van der Waals surface area contributed by atoms with E-state index in [1.165, 1.54) is 5.56 Å². The summed E-state index contributed by atoms with van der Waals surface area (Å²) in [6.45, 7) is 8.67. The lowest BCUT2D eigenvalue weighted by Gasteiger charge is -2.09. The molecule has 0 aliphatic carbocycles. The number of aliphatic imine (C=N–C) groups is 1. The summed E-state index contributed by atoms with van der Waals surface area (Å²) in [5.74, 6) is 1.32. The molecule has 114 valence electrons. The van der Waals surface area contributed by atoms with Crippen molar-refractivity contribution in [2.45, 2.75) is 39.8 Å². The zero-order valence-corrected chi connectivity index (χ0v) is 14.4. The minimum atomic E-state index is 0.482. The summed E-state index contributed by atoms with van der Waals surface area (Å²) in [5, 5.41) is 14.0. The Balaban J connectivity index is 1.91. The summed E-state index contributed by atoms with van der Waals surface area (Å²) in [7, 11) is 0. The van der Waals surface area contributed by atoms with Gasteiger partial charge in [0, 0.05) is 11.9 Å². The first-order valence-electron chi connectivity index (χ1n) is 7.16. The van der Waals surface area contributed by atoms with Crippen LogP contribution in [-0.2, 0) is 13.1 Å². The predicted molar refractivity (Wildman–Crippen MR) is 92.2 cm³/mol. The standard InChI is InChI=1S/C15H22N4S2/c1-4-16-15(17-7-12-5-6-20-9-12)18-8-14-19-13(10-21-14)11(2)3/h5-6,9-11H,4,7-8H2,1-3H3,(H2,16,17,18). The van der Waals surface area contributed by atoms with Gasteiger partial charge in [0.05, 0.1) is 18.8 Å². The number of hydrogen-bond acceptors (Lipinski definition) is 4. The maximum absolute atomic E-state index is 4.63. The normalized spacial score (nSPS) is 11.9. The summed E-state index contributed by atoms with van der Waals surface area (Å²) in [4.78, 5) is 9.22. The van der Waals surface area contributed by atoms with E-state index in [9.17, 15) is 0 Å². The lowest BCUT2D eigenvalue weighted by molar-refractivity contribution is 0.788. The maximum Gasteiger partial charge on any atom is 0.191 e. The third-order valence-corrected chi connectivity index (χ3v) is 4.51. The van der Waals surface area contributed by atoms with Gasteiger partial charge in [-0.25, -0.2) is 9.98 Å². The van der Waals surface area contributed by atoms with E-state index in [4.69, 9.17) is 0 Å². The number of thiazole rings is 1. The van der Waals surface area contributed by atoms with E-state index in [-0.39, 0.29) is 0 Å². The highest BCUT2D eigenvalue weighted by atomic mass is 32.1. The third-order valence-electron chi connectivity index (χ3n) is 2.91. The molecule has 2 heterocycles. The van der Waals surface area contributed by atoms with Crippen LogP contribution in [0, 0.1) is 0 Å². The number of nitrogens with zero attached hydrogens (tertiary/aromatic N) is 2. The van der Waals surface area contributed by atoms with Crippen molar-refractivity contribution >= 4 is 28.6 Å². The SMILES string of the molecule is CCNC(=NCc1ccsc1)NCc1nc(C(C)C)cs1. The highest BCUT2D eigenvalue weighted by Crippen LogP contribution is 2.17. The van der Waals surface area contributed by atoms with Crippen molar-refractivity contribution in [2.75, 3.05) is 6.54 Å². The molecule has 2 aromatic rings. The van der Waals surface area contributed by atoms with Crippen LogP contribution in [-0.4, -0.2) is 17.5 Å². The van der Waals surface area contributed by atoms with Crippen molar-refractivity contribution in [1.82, 2.24) is 15.6 Å². The van der Waals surface area contributed by atoms with E-state index in [2.05, 4.69) is 63.6 Å². The van der Waals surface area contributed by atoms with Gasteiger partial charge in [-0.1, -0.05) is 13.8 Å². The number of guanidine groups is 1. The molecule has 0 unspecified atom stereocenters. The monoisotopic (exact) mass is 322 g/mol. The molecule has 2 rings (SSSR count). The number of rotatable bonds is 6. The topological polar surface area (TPSA) is 49.3 Å². The molecule has 0 radical (unpaired) electrons. The smallest absolute Gasteiger partial charge is 0.191 e. The summed E-state index contributed by atoms with van der Waals surface area (Å²) in [6.07, 6.45) is 0. The Morgan fingerprint density at radius 2 is 2.19 bits per heavy atom. The van der Waals surface area contributed by atoms with Crippen LogP contribution >= 0.6 is 22.7 Å². The molecular formula is C15H22N4S2. The molecule has 0 saturated heterocycles. The second-order valence-electron chi connectivity index (χ2n) is 5.00. The molecular weight excluding hydrogens is 300 g/mol. The van der Waals surface area contributed by atoms with E-state index >= 15 is 0 Å². The Kier molecular flexibility index (Phi) is 6.20. The molecule has 4 nitrogen and oxygen atoms in total. The molecule has 21 heavy (non-hydrogen) atoms. The van der Waals surface area contributed by atoms with Crippen LogP contribution in [0.2, 0.25) is 0 Å². The molecule has 0 bridgehead atoms. The average Bonchev–Trinajstić information content (AvgIpc) is 3.13. The van der Waals surface area contributed by atoms with Gasteiger partial charge in [-0.3, -0.25) is 0 Å². The Labute approximate surface area is 134 Å². The van der Waals surface area contributed by atoms with Crippen molar-refractivity contribution in [3.63, 3.8) is 0 Å². The second-order valence-corrected chi connectivity index (χ2v) is 6.72. The highest BCUT2D eigenvalue weighted by Gasteiger charge is 2.06. The van der Waals surface area contributed by atoms with Crippen LogP contribution in [0.15, 0.2) is 27.2 Å². The fourth-order valence-electron chi connectivity index (χ4n) is 1.73. The molecule has 2 aromatic heterocycles. The quantitative estimate of drug-likeness (QED) is 0.631. The molecule has 6 heteroatoms. The van der Waals surface area contributed by atoms with E-state index in [0.29, 0.717) is 19.0 Å². The van der Waals surface area contributed by atoms with E-state index < -0.39 is 0 Å². The van der Waals surface area contributed by atoms with Gasteiger partial charge >= 0.3 is 0 Å². The summed E-state index contributed by atoms with van der Waals surface area (Å²) in [5.41, 5.74) is 2.41. The predicted octanol–water partition coefficient (Wildman–Crippen LogP) is 3.58. The molecule has 0 spiro atoms. The van der Waals surface area contributed by atoms with Crippen LogP contribution < -0.4 is 10.6 Å². The van der Waals surface area contributed by atoms with Gasteiger partial charge in [-0.15, -0.1) is 11.3 Å². The molecule has 0 fully saturated rings. The summed E-state index contributed by atoms with van der Waals surface area (Å²) >= 11 is 3.40. The van der Waals surface area contributed by atoms with Crippen LogP contribution in [0.25, 0.3) is 0 Å². The van der Waals surface area contributed by atoms with Gasteiger partial charge in [0.2, 0.25) is 0 Å². The zero-order valence-electron chi connectivity index (χ0n) is 12.7. The molecule has 0 aromatic carbocycles. The van der Waals surface area contributed by atoms with Gasteiger partial charge in [0.25, 0.3) is 0 Å². The van der Waals surface area contributed by atoms with Crippen LogP contribution in [0.1, 0.15) is 43.0 Å². The van der Waals surface area contributed by atoms with Crippen LogP contribution in [0.5, 0.6) is 0 Å². The Bertz CT molecular complexity index is 558. The molecule has 0 aliphatic heterocycles. The Hall–Kier alpha value is -1.40. The van der Waals surface area contributed by atoms with Crippen molar-refractivity contribution in [3.05, 3.63) is 38.5 Å². The first-order valence-corrected chi connectivity index (χ1v) is 8.98. The zero-order chi connectivity index (χ0) is 15.1. The summed E-state index contributed by atoms with van der Waals surface area (Å²) in [6, 6.07) is 2.10. The lowest BCUT2D eigenvalue weighted by Crippen LogP contribution is -2.36. The number of nitrogens with one attached hydrogen (secondary N) is 2. The fraction of sp³-hybridized carbons (Fsp3) is 0.467. The van der Waals surface area contributed by atoms with E-state index in [1.807, 2.05) is 0 Å². The second kappa shape index (κ2) is 8.14. The molecule has 0 amide bonds. The fourth-order valence-corrected chi connectivity index (χ4v) is 3.28. The van der Waals surface area contributed by atoms with Crippen molar-refractivity contribution in [2.24, 2.45) is 4.99 Å². The van der Waals surface area contributed by atoms with Crippen molar-refractivity contribution in [3.8, 4) is 0 Å². The molecule has 2 N–H and O–H groups in total. The van der Waals surface area contributed by atoms with Gasteiger partial charge in [-0.2, -0.15) is 11.3 Å². The molecule has 0 saturated carbocycles. The van der Waals surface area contributed by atoms with Gasteiger partial charge in [0.15, 0.2) is 5.96 Å². The Morgan fingerprint density at radius 3 is 2.81 bits per heavy atom. The highest BCUT2D eigenvalue weighted by molar-refractivity contribution is 7.09. The average molecular weight is 323 g/mol. The lowest BCUT2D eigenvalue weighted by atomic mass is 10.2. The molecule has 0 atom stereocenters. The minimum absolute atomic E-state index is 0.482.